The standard InChI is InChI=1S/C17H32BrNO3/c1-15(2,3)13-8-12(13)9-21-17(7,10-18)11-19-14(20)22-16(4,5)6/h12-13H,8-11H2,1-7H3,(H,19,20). The van der Waals surface area contributed by atoms with Gasteiger partial charge in [-0.3, -0.25) is 0 Å². The van der Waals surface area contributed by atoms with E-state index in [1.165, 1.54) is 6.42 Å². The molecule has 1 saturated carbocycles. The van der Waals surface area contributed by atoms with E-state index in [-0.39, 0.29) is 0 Å². The lowest BCUT2D eigenvalue weighted by atomic mass is 9.89. The Bertz CT molecular complexity index is 386. The van der Waals surface area contributed by atoms with Gasteiger partial charge in [-0.05, 0) is 51.4 Å². The molecule has 0 heterocycles. The molecule has 0 bridgehead atoms. The molecular weight excluding hydrogens is 346 g/mol. The second kappa shape index (κ2) is 7.08. The van der Waals surface area contributed by atoms with E-state index in [9.17, 15) is 4.79 Å². The first kappa shape index (κ1) is 19.8. The SMILES string of the molecule is CC(C)(C)OC(=O)NCC(C)(CBr)OCC1CC1C(C)(C)C. The molecule has 1 N–H and O–H groups in total. The minimum Gasteiger partial charge on any atom is -0.444 e. The van der Waals surface area contributed by atoms with E-state index in [4.69, 9.17) is 9.47 Å². The van der Waals surface area contributed by atoms with Gasteiger partial charge in [-0.25, -0.2) is 4.79 Å². The Morgan fingerprint density at radius 3 is 2.18 bits per heavy atom. The number of carbonyl (C=O) groups is 1. The average molecular weight is 378 g/mol. The fourth-order valence-electron chi connectivity index (χ4n) is 2.51. The normalized spacial score (nSPS) is 24.5. The lowest BCUT2D eigenvalue weighted by Gasteiger charge is -2.29. The van der Waals surface area contributed by atoms with Crippen LogP contribution in [0, 0.1) is 17.3 Å². The van der Waals surface area contributed by atoms with Crippen molar-refractivity contribution in [3.05, 3.63) is 0 Å². The number of amides is 1. The summed E-state index contributed by atoms with van der Waals surface area (Å²) in [6.07, 6.45) is 0.837. The molecule has 1 fully saturated rings. The van der Waals surface area contributed by atoms with Crippen LogP contribution in [0.25, 0.3) is 0 Å². The first-order valence-corrected chi connectivity index (χ1v) is 9.15. The van der Waals surface area contributed by atoms with Crippen molar-refractivity contribution in [3.8, 4) is 0 Å². The van der Waals surface area contributed by atoms with Crippen LogP contribution in [0.4, 0.5) is 4.79 Å². The fourth-order valence-corrected chi connectivity index (χ4v) is 2.87. The highest BCUT2D eigenvalue weighted by Gasteiger charge is 2.45. The van der Waals surface area contributed by atoms with Gasteiger partial charge in [0.15, 0.2) is 0 Å². The number of rotatable bonds is 6. The topological polar surface area (TPSA) is 47.6 Å². The molecule has 3 atom stereocenters. The highest BCUT2D eigenvalue weighted by Crippen LogP contribution is 2.50. The van der Waals surface area contributed by atoms with Gasteiger partial charge in [-0.2, -0.15) is 0 Å². The fraction of sp³-hybridized carbons (Fsp3) is 0.941. The lowest BCUT2D eigenvalue weighted by molar-refractivity contribution is -0.0234. The summed E-state index contributed by atoms with van der Waals surface area (Å²) >= 11 is 3.49. The molecule has 5 heteroatoms. The van der Waals surface area contributed by atoms with Crippen LogP contribution < -0.4 is 5.32 Å². The zero-order chi connectivity index (χ0) is 17.2. The van der Waals surface area contributed by atoms with Gasteiger partial charge in [0.2, 0.25) is 0 Å². The van der Waals surface area contributed by atoms with Gasteiger partial charge in [-0.1, -0.05) is 36.7 Å². The minimum absolute atomic E-state index is 0.355. The minimum atomic E-state index is -0.482. The molecule has 0 aromatic heterocycles. The third kappa shape index (κ3) is 6.86. The number of hydrogen-bond acceptors (Lipinski definition) is 3. The van der Waals surface area contributed by atoms with E-state index in [0.29, 0.717) is 23.2 Å². The van der Waals surface area contributed by atoms with Crippen molar-refractivity contribution in [2.24, 2.45) is 17.3 Å². The second-order valence-corrected chi connectivity index (χ2v) is 9.28. The zero-order valence-electron chi connectivity index (χ0n) is 15.1. The number of nitrogens with one attached hydrogen (secondary N) is 1. The molecule has 1 rings (SSSR count). The molecule has 4 nitrogen and oxygen atoms in total. The molecule has 22 heavy (non-hydrogen) atoms. The van der Waals surface area contributed by atoms with E-state index in [0.717, 1.165) is 12.5 Å². The van der Waals surface area contributed by atoms with Crippen LogP contribution in [0.3, 0.4) is 0 Å². The summed E-state index contributed by atoms with van der Waals surface area (Å²) in [6.45, 7) is 15.6. The average Bonchev–Trinajstić information content (AvgIpc) is 3.11. The molecule has 0 spiro atoms. The Balaban J connectivity index is 2.37. The van der Waals surface area contributed by atoms with Crippen LogP contribution in [-0.4, -0.2) is 35.8 Å². The second-order valence-electron chi connectivity index (χ2n) is 8.72. The quantitative estimate of drug-likeness (QED) is 0.699. The third-order valence-corrected chi connectivity index (χ3v) is 5.16. The molecule has 0 aromatic rings. The van der Waals surface area contributed by atoms with Gasteiger partial charge in [0.1, 0.15) is 5.60 Å². The molecule has 0 radical (unpaired) electrons. The summed E-state index contributed by atoms with van der Waals surface area (Å²) in [7, 11) is 0. The Morgan fingerprint density at radius 2 is 1.77 bits per heavy atom. The van der Waals surface area contributed by atoms with E-state index < -0.39 is 17.3 Å². The Labute approximate surface area is 143 Å². The number of halogens is 1. The summed E-state index contributed by atoms with van der Waals surface area (Å²) < 4.78 is 11.3. The highest BCUT2D eigenvalue weighted by molar-refractivity contribution is 9.09. The Kier molecular flexibility index (Phi) is 6.36. The molecule has 1 amide bonds. The van der Waals surface area contributed by atoms with Gasteiger partial charge in [-0.15, -0.1) is 0 Å². The summed E-state index contributed by atoms with van der Waals surface area (Å²) in [5, 5.41) is 3.47. The van der Waals surface area contributed by atoms with Crippen molar-refractivity contribution in [1.82, 2.24) is 5.32 Å². The van der Waals surface area contributed by atoms with Gasteiger partial charge >= 0.3 is 6.09 Å². The molecule has 3 unspecified atom stereocenters. The van der Waals surface area contributed by atoms with E-state index in [1.807, 2.05) is 27.7 Å². The zero-order valence-corrected chi connectivity index (χ0v) is 16.7. The smallest absolute Gasteiger partial charge is 0.407 e. The summed E-state index contributed by atoms with van der Waals surface area (Å²) in [6, 6.07) is 0. The lowest BCUT2D eigenvalue weighted by Crippen LogP contribution is -2.46. The van der Waals surface area contributed by atoms with Crippen molar-refractivity contribution in [2.75, 3.05) is 18.5 Å². The molecular formula is C17H32BrNO3. The number of alkyl carbamates (subject to hydrolysis) is 1. The highest BCUT2D eigenvalue weighted by atomic mass is 79.9. The van der Waals surface area contributed by atoms with Gasteiger partial charge < -0.3 is 14.8 Å². The Morgan fingerprint density at radius 1 is 1.18 bits per heavy atom. The maximum absolute atomic E-state index is 11.8. The third-order valence-electron chi connectivity index (χ3n) is 3.97. The number of ether oxygens (including phenoxy) is 2. The maximum atomic E-state index is 11.8. The van der Waals surface area contributed by atoms with Crippen LogP contribution in [0.15, 0.2) is 0 Å². The molecule has 0 aliphatic heterocycles. The van der Waals surface area contributed by atoms with Crippen LogP contribution in [0.1, 0.15) is 54.9 Å². The van der Waals surface area contributed by atoms with Crippen molar-refractivity contribution < 1.29 is 14.3 Å². The number of carbonyl (C=O) groups excluding carboxylic acids is 1. The van der Waals surface area contributed by atoms with Crippen molar-refractivity contribution in [3.63, 3.8) is 0 Å². The van der Waals surface area contributed by atoms with Crippen molar-refractivity contribution in [2.45, 2.75) is 66.1 Å². The van der Waals surface area contributed by atoms with Gasteiger partial charge in [0, 0.05) is 5.33 Å². The largest absolute Gasteiger partial charge is 0.444 e. The maximum Gasteiger partial charge on any atom is 0.407 e. The van der Waals surface area contributed by atoms with E-state index in [2.05, 4.69) is 42.0 Å². The summed E-state index contributed by atoms with van der Waals surface area (Å²) in [5.41, 5.74) is -0.542. The summed E-state index contributed by atoms with van der Waals surface area (Å²) in [4.78, 5) is 11.8. The molecule has 0 aromatic carbocycles. The molecule has 130 valence electrons. The first-order valence-electron chi connectivity index (χ1n) is 8.03. The van der Waals surface area contributed by atoms with Gasteiger partial charge in [0.05, 0.1) is 18.8 Å². The van der Waals surface area contributed by atoms with Crippen LogP contribution in [-0.2, 0) is 9.47 Å². The predicted molar refractivity (Wildman–Crippen MR) is 93.4 cm³/mol. The van der Waals surface area contributed by atoms with Crippen molar-refractivity contribution >= 4 is 22.0 Å². The number of hydrogen-bond donors (Lipinski definition) is 1. The number of alkyl halides is 1. The van der Waals surface area contributed by atoms with Gasteiger partial charge in [0.25, 0.3) is 0 Å². The van der Waals surface area contributed by atoms with E-state index >= 15 is 0 Å². The Hall–Kier alpha value is -0.290. The van der Waals surface area contributed by atoms with E-state index in [1.54, 1.807) is 0 Å². The molecule has 0 saturated heterocycles. The van der Waals surface area contributed by atoms with Crippen LogP contribution in [0.2, 0.25) is 0 Å². The monoisotopic (exact) mass is 377 g/mol. The van der Waals surface area contributed by atoms with Crippen molar-refractivity contribution in [1.29, 1.82) is 0 Å². The van der Waals surface area contributed by atoms with Crippen LogP contribution in [0.5, 0.6) is 0 Å². The van der Waals surface area contributed by atoms with Crippen LogP contribution >= 0.6 is 15.9 Å². The molecule has 1 aliphatic rings. The summed E-state index contributed by atoms with van der Waals surface area (Å²) in [5.74, 6) is 1.38. The predicted octanol–water partition coefficient (Wildman–Crippen LogP) is 4.36. The molecule has 1 aliphatic carbocycles. The first-order chi connectivity index (χ1) is 9.86.